The van der Waals surface area contributed by atoms with E-state index in [1.807, 2.05) is 13.1 Å². The number of phenols is 1. The van der Waals surface area contributed by atoms with Gasteiger partial charge in [-0.05, 0) is 57.5 Å². The highest BCUT2D eigenvalue weighted by Gasteiger charge is 2.71. The van der Waals surface area contributed by atoms with E-state index in [4.69, 9.17) is 24.1 Å². The van der Waals surface area contributed by atoms with Crippen LogP contribution in [0.4, 0.5) is 0 Å². The van der Waals surface area contributed by atoms with Crippen molar-refractivity contribution >= 4 is 23.9 Å². The standard InChI is InChI=1S/C27H31NO11/c1-13(24(32)33)36-25(34)18(37-14(2)29)12-20(31)38-17-7-9-27(35)19-11-15-5-6-16(30)22-21(15)26(27,23(17)39-22)8-4-10-28(19)3/h5-7,13,18-19,23,30,35H,4,8-12H2,1-3H3,(H,32,33)/t13-,18-,19+,23-,26-,27+/m0/s1. The summed E-state index contributed by atoms with van der Waals surface area (Å²) in [5.41, 5.74) is -0.569. The number of phenolic OH excluding ortho intramolecular Hbond substituents is 1. The third kappa shape index (κ3) is 4.13. The number of aliphatic hydroxyl groups is 1. The fourth-order valence-corrected chi connectivity index (χ4v) is 6.69. The van der Waals surface area contributed by atoms with Gasteiger partial charge in [0.25, 0.3) is 0 Å². The summed E-state index contributed by atoms with van der Waals surface area (Å²) < 4.78 is 21.6. The van der Waals surface area contributed by atoms with Gasteiger partial charge in [0.1, 0.15) is 5.76 Å². The third-order valence-electron chi connectivity index (χ3n) is 8.37. The maximum Gasteiger partial charge on any atom is 0.348 e. The van der Waals surface area contributed by atoms with Crippen LogP contribution >= 0.6 is 0 Å². The number of likely N-dealkylation sites (N-methyl/N-ethyl adjacent to an activating group) is 1. The first kappa shape index (κ1) is 26.9. The lowest BCUT2D eigenvalue weighted by Gasteiger charge is -2.56. The number of carbonyl (C=O) groups excluding carboxylic acids is 3. The van der Waals surface area contributed by atoms with Crippen LogP contribution in [0.1, 0.15) is 50.7 Å². The molecule has 2 aliphatic carbocycles. The van der Waals surface area contributed by atoms with Gasteiger partial charge in [0.05, 0.1) is 17.4 Å². The Hall–Kier alpha value is -3.64. The molecule has 12 nitrogen and oxygen atoms in total. The highest BCUT2D eigenvalue weighted by Crippen LogP contribution is 2.64. The van der Waals surface area contributed by atoms with E-state index in [1.165, 1.54) is 0 Å². The Morgan fingerprint density at radius 2 is 1.97 bits per heavy atom. The summed E-state index contributed by atoms with van der Waals surface area (Å²) in [6.45, 7) is 2.90. The molecule has 1 aromatic carbocycles. The van der Waals surface area contributed by atoms with Crippen molar-refractivity contribution in [3.63, 3.8) is 0 Å². The van der Waals surface area contributed by atoms with Crippen LogP contribution in [0.25, 0.3) is 0 Å². The third-order valence-corrected chi connectivity index (χ3v) is 8.37. The van der Waals surface area contributed by atoms with Crippen LogP contribution in [-0.4, -0.2) is 87.6 Å². The molecule has 1 fully saturated rings. The molecule has 2 heterocycles. The molecule has 4 aliphatic rings. The summed E-state index contributed by atoms with van der Waals surface area (Å²) >= 11 is 0. The number of likely N-dealkylation sites (tertiary alicyclic amines) is 1. The molecule has 5 rings (SSSR count). The number of ether oxygens (including phenoxy) is 4. The van der Waals surface area contributed by atoms with Gasteiger partial charge in [-0.15, -0.1) is 0 Å². The average Bonchev–Trinajstić information content (AvgIpc) is 3.20. The predicted molar refractivity (Wildman–Crippen MR) is 131 cm³/mol. The Bertz CT molecular complexity index is 1270. The zero-order valence-corrected chi connectivity index (χ0v) is 21.8. The molecule has 12 heteroatoms. The number of nitrogens with zero attached hydrogens (tertiary/aromatic N) is 1. The number of carboxylic acids is 1. The van der Waals surface area contributed by atoms with E-state index < -0.39 is 59.6 Å². The van der Waals surface area contributed by atoms with E-state index in [0.717, 1.165) is 37.9 Å². The van der Waals surface area contributed by atoms with Gasteiger partial charge >= 0.3 is 23.9 Å². The molecule has 2 aliphatic heterocycles. The van der Waals surface area contributed by atoms with Crippen molar-refractivity contribution in [3.8, 4) is 11.5 Å². The van der Waals surface area contributed by atoms with Crippen LogP contribution in [0.3, 0.4) is 0 Å². The van der Waals surface area contributed by atoms with Gasteiger partial charge in [-0.25, -0.2) is 9.59 Å². The molecule has 1 spiro atoms. The molecule has 0 amide bonds. The largest absolute Gasteiger partial charge is 0.504 e. The van der Waals surface area contributed by atoms with Gasteiger partial charge in [-0.3, -0.25) is 9.59 Å². The number of rotatable bonds is 7. The van der Waals surface area contributed by atoms with Crippen LogP contribution in [0.2, 0.25) is 0 Å². The van der Waals surface area contributed by atoms with Gasteiger partial charge in [0, 0.05) is 24.9 Å². The molecule has 1 aromatic rings. The van der Waals surface area contributed by atoms with E-state index in [2.05, 4.69) is 4.90 Å². The second-order valence-corrected chi connectivity index (χ2v) is 10.6. The highest BCUT2D eigenvalue weighted by atomic mass is 16.6. The molecular formula is C27H31NO11. The zero-order chi connectivity index (χ0) is 28.3. The summed E-state index contributed by atoms with van der Waals surface area (Å²) in [5.74, 6) is -4.14. The number of hydrogen-bond donors (Lipinski definition) is 3. The normalized spacial score (nSPS) is 30.0. The van der Waals surface area contributed by atoms with Crippen molar-refractivity contribution in [1.29, 1.82) is 0 Å². The lowest BCUT2D eigenvalue weighted by atomic mass is 9.52. The first-order valence-corrected chi connectivity index (χ1v) is 12.8. The van der Waals surface area contributed by atoms with Gasteiger partial charge in [-0.1, -0.05) is 6.07 Å². The minimum atomic E-state index is -1.72. The predicted octanol–water partition coefficient (Wildman–Crippen LogP) is 0.941. The minimum absolute atomic E-state index is 0.0770. The quantitative estimate of drug-likeness (QED) is 0.328. The highest BCUT2D eigenvalue weighted by molar-refractivity contribution is 5.86. The molecule has 0 radical (unpaired) electrons. The average molecular weight is 546 g/mol. The van der Waals surface area contributed by atoms with E-state index >= 15 is 0 Å². The second-order valence-electron chi connectivity index (χ2n) is 10.6. The first-order valence-electron chi connectivity index (χ1n) is 12.8. The van der Waals surface area contributed by atoms with Crippen molar-refractivity contribution in [2.24, 2.45) is 0 Å². The molecule has 6 atom stereocenters. The summed E-state index contributed by atoms with van der Waals surface area (Å²) in [6.07, 6.45) is -1.35. The zero-order valence-electron chi connectivity index (χ0n) is 21.8. The molecular weight excluding hydrogens is 514 g/mol. The van der Waals surface area contributed by atoms with E-state index in [9.17, 15) is 29.4 Å². The van der Waals surface area contributed by atoms with Crippen molar-refractivity contribution in [2.45, 2.75) is 81.3 Å². The topological polar surface area (TPSA) is 169 Å². The molecule has 39 heavy (non-hydrogen) atoms. The minimum Gasteiger partial charge on any atom is -0.504 e. The fraction of sp³-hybridized carbons (Fsp3) is 0.556. The lowest BCUT2D eigenvalue weighted by molar-refractivity contribution is -0.177. The number of hydrogen-bond acceptors (Lipinski definition) is 11. The van der Waals surface area contributed by atoms with Gasteiger partial charge in [0.2, 0.25) is 6.10 Å². The Balaban J connectivity index is 1.45. The molecule has 3 N–H and O–H groups in total. The Labute approximate surface area is 224 Å². The van der Waals surface area contributed by atoms with Crippen molar-refractivity contribution in [3.05, 3.63) is 35.1 Å². The van der Waals surface area contributed by atoms with Gasteiger partial charge in [-0.2, -0.15) is 0 Å². The maximum absolute atomic E-state index is 13.0. The Kier molecular flexibility index (Phi) is 6.58. The molecule has 210 valence electrons. The SMILES string of the molecule is CC(=O)O[C@@H](CC(=O)OC1=CC[C@@]2(O)[C@H]3Cc4ccc(O)c5c4[C@@]2(CCCN3C)[C@H]1O5)C(=O)O[C@@H](C)C(=O)O. The van der Waals surface area contributed by atoms with E-state index in [-0.39, 0.29) is 29.7 Å². The van der Waals surface area contributed by atoms with Crippen LogP contribution in [0, 0.1) is 0 Å². The number of esters is 3. The van der Waals surface area contributed by atoms with E-state index in [0.29, 0.717) is 12.8 Å². The van der Waals surface area contributed by atoms with Crippen molar-refractivity contribution in [1.82, 2.24) is 4.90 Å². The first-order chi connectivity index (χ1) is 18.4. The van der Waals surface area contributed by atoms with Gasteiger partial charge < -0.3 is 39.2 Å². The number of carbonyl (C=O) groups is 4. The monoisotopic (exact) mass is 545 g/mol. The fourth-order valence-electron chi connectivity index (χ4n) is 6.69. The van der Waals surface area contributed by atoms with Crippen LogP contribution in [0.5, 0.6) is 11.5 Å². The Morgan fingerprint density at radius 3 is 2.67 bits per heavy atom. The summed E-state index contributed by atoms with van der Waals surface area (Å²) in [7, 11) is 1.97. The summed E-state index contributed by atoms with van der Waals surface area (Å²) in [4.78, 5) is 50.2. The number of aliphatic carboxylic acids is 1. The number of benzene rings is 1. The molecule has 2 bridgehead atoms. The number of carboxylic acid groups (broad SMARTS) is 1. The molecule has 0 saturated carbocycles. The lowest BCUT2D eigenvalue weighted by Crippen LogP contribution is -2.69. The molecule has 0 aromatic heterocycles. The van der Waals surface area contributed by atoms with Gasteiger partial charge in [0.15, 0.2) is 23.7 Å². The van der Waals surface area contributed by atoms with Crippen LogP contribution in [0.15, 0.2) is 24.0 Å². The molecule has 1 saturated heterocycles. The maximum atomic E-state index is 13.0. The number of aromatic hydroxyl groups is 1. The van der Waals surface area contributed by atoms with Crippen molar-refractivity contribution < 1.29 is 53.4 Å². The van der Waals surface area contributed by atoms with Crippen molar-refractivity contribution in [2.75, 3.05) is 13.6 Å². The Morgan fingerprint density at radius 1 is 1.23 bits per heavy atom. The van der Waals surface area contributed by atoms with E-state index in [1.54, 1.807) is 12.1 Å². The molecule has 0 unspecified atom stereocenters. The van der Waals surface area contributed by atoms with Crippen LogP contribution in [-0.2, 0) is 45.2 Å². The van der Waals surface area contributed by atoms with Crippen LogP contribution < -0.4 is 4.74 Å². The second kappa shape index (κ2) is 9.53. The summed E-state index contributed by atoms with van der Waals surface area (Å²) in [6, 6.07) is 3.16. The smallest absolute Gasteiger partial charge is 0.348 e. The summed E-state index contributed by atoms with van der Waals surface area (Å²) in [5, 5.41) is 32.0.